The second kappa shape index (κ2) is 3.59. The third-order valence-electron chi connectivity index (χ3n) is 0.799. The SMILES string of the molecule is ClC1=CC=CC1Cl.[AlH3]. The molecule has 0 aromatic carbocycles. The fraction of sp³-hybridized carbons (Fsp3) is 0.200. The summed E-state index contributed by atoms with van der Waals surface area (Å²) in [5.41, 5.74) is 0. The van der Waals surface area contributed by atoms with E-state index in [9.17, 15) is 0 Å². The van der Waals surface area contributed by atoms with Crippen molar-refractivity contribution in [3.63, 3.8) is 0 Å². The van der Waals surface area contributed by atoms with Gasteiger partial charge in [-0.2, -0.15) is 0 Å². The van der Waals surface area contributed by atoms with Crippen LogP contribution in [0.4, 0.5) is 0 Å². The van der Waals surface area contributed by atoms with Crippen LogP contribution in [0.2, 0.25) is 0 Å². The Labute approximate surface area is 69.3 Å². The van der Waals surface area contributed by atoms with Gasteiger partial charge in [0, 0.05) is 5.03 Å². The van der Waals surface area contributed by atoms with Gasteiger partial charge < -0.3 is 0 Å². The largest absolute Gasteiger partial charge is 0.187 e. The van der Waals surface area contributed by atoms with E-state index in [1.165, 1.54) is 0 Å². The molecule has 0 radical (unpaired) electrons. The summed E-state index contributed by atoms with van der Waals surface area (Å²) in [5, 5.41) is 0.642. The molecule has 0 N–H and O–H groups in total. The van der Waals surface area contributed by atoms with E-state index in [4.69, 9.17) is 23.2 Å². The quantitative estimate of drug-likeness (QED) is 0.372. The number of alkyl halides is 1. The number of allylic oxidation sites excluding steroid dienone is 4. The molecule has 0 amide bonds. The topological polar surface area (TPSA) is 0 Å². The smallest absolute Gasteiger partial charge is 0.112 e. The van der Waals surface area contributed by atoms with Gasteiger partial charge >= 0.3 is 0 Å². The van der Waals surface area contributed by atoms with Crippen molar-refractivity contribution in [2.75, 3.05) is 0 Å². The van der Waals surface area contributed by atoms with Crippen LogP contribution >= 0.6 is 23.2 Å². The Bertz CT molecular complexity index is 128. The van der Waals surface area contributed by atoms with Crippen LogP contribution in [-0.2, 0) is 0 Å². The van der Waals surface area contributed by atoms with Crippen molar-refractivity contribution in [3.05, 3.63) is 23.3 Å². The summed E-state index contributed by atoms with van der Waals surface area (Å²) < 4.78 is 0. The van der Waals surface area contributed by atoms with Crippen LogP contribution in [0.1, 0.15) is 0 Å². The Morgan fingerprint density at radius 2 is 2.12 bits per heavy atom. The Balaban J connectivity index is 0.000000490. The van der Waals surface area contributed by atoms with Gasteiger partial charge in [0.1, 0.15) is 0 Å². The number of rotatable bonds is 0. The third kappa shape index (κ3) is 1.84. The van der Waals surface area contributed by atoms with E-state index in [-0.39, 0.29) is 22.7 Å². The summed E-state index contributed by atoms with van der Waals surface area (Å²) >= 11 is 11.1. The molecule has 1 aliphatic carbocycles. The van der Waals surface area contributed by atoms with Crippen LogP contribution in [0.3, 0.4) is 0 Å². The minimum atomic E-state index is -0.0679. The lowest BCUT2D eigenvalue weighted by Gasteiger charge is -1.90. The maximum atomic E-state index is 5.58. The fourth-order valence-electron chi connectivity index (χ4n) is 0.429. The molecule has 3 heteroatoms. The highest BCUT2D eigenvalue weighted by Gasteiger charge is 2.06. The Morgan fingerprint density at radius 1 is 1.50 bits per heavy atom. The molecule has 0 fully saturated rings. The van der Waals surface area contributed by atoms with Gasteiger partial charge in [0.2, 0.25) is 0 Å². The molecule has 0 aromatic heterocycles. The highest BCUT2D eigenvalue weighted by molar-refractivity contribution is 6.38. The molecule has 0 aliphatic heterocycles. The van der Waals surface area contributed by atoms with Gasteiger partial charge in [0.25, 0.3) is 0 Å². The highest BCUT2D eigenvalue weighted by Crippen LogP contribution is 2.20. The molecule has 0 nitrogen and oxygen atoms in total. The molecule has 0 heterocycles. The molecule has 0 spiro atoms. The molecular weight excluding hydrogens is 158 g/mol. The summed E-state index contributed by atoms with van der Waals surface area (Å²) in [5.74, 6) is 0. The van der Waals surface area contributed by atoms with Gasteiger partial charge in [-0.05, 0) is 6.08 Å². The Morgan fingerprint density at radius 3 is 2.25 bits per heavy atom. The van der Waals surface area contributed by atoms with Crippen LogP contribution in [0.5, 0.6) is 0 Å². The molecular formula is C5H7AlCl2. The Hall–Kier alpha value is 0.592. The average molecular weight is 165 g/mol. The van der Waals surface area contributed by atoms with Crippen molar-refractivity contribution >= 4 is 40.6 Å². The lowest BCUT2D eigenvalue weighted by molar-refractivity contribution is 1.41. The van der Waals surface area contributed by atoms with E-state index in [1.807, 2.05) is 12.2 Å². The molecule has 1 rings (SSSR count). The van der Waals surface area contributed by atoms with Gasteiger partial charge in [-0.25, -0.2) is 0 Å². The molecule has 0 saturated heterocycles. The minimum Gasteiger partial charge on any atom is -0.112 e. The molecule has 1 unspecified atom stereocenters. The lowest BCUT2D eigenvalue weighted by Crippen LogP contribution is -1.84. The van der Waals surface area contributed by atoms with E-state index in [2.05, 4.69) is 0 Å². The standard InChI is InChI=1S/C5H4Cl2.Al.3H/c6-4-2-1-3-5(4)7;;;;/h1-4H;;;;. The van der Waals surface area contributed by atoms with E-state index in [0.29, 0.717) is 5.03 Å². The highest BCUT2D eigenvalue weighted by atomic mass is 35.5. The second-order valence-corrected chi connectivity index (χ2v) is 2.24. The zero-order valence-electron chi connectivity index (χ0n) is 3.57. The fourth-order valence-corrected chi connectivity index (χ4v) is 0.731. The molecule has 0 saturated carbocycles. The van der Waals surface area contributed by atoms with Gasteiger partial charge in [-0.1, -0.05) is 23.8 Å². The summed E-state index contributed by atoms with van der Waals surface area (Å²) in [4.78, 5) is 0. The van der Waals surface area contributed by atoms with Gasteiger partial charge in [0.05, 0.1) is 5.38 Å². The van der Waals surface area contributed by atoms with Gasteiger partial charge in [0.15, 0.2) is 17.4 Å². The van der Waals surface area contributed by atoms with Crippen molar-refractivity contribution in [2.24, 2.45) is 0 Å². The van der Waals surface area contributed by atoms with E-state index < -0.39 is 0 Å². The number of hydrogen-bond donors (Lipinski definition) is 0. The first kappa shape index (κ1) is 8.59. The first-order valence-electron chi connectivity index (χ1n) is 1.98. The summed E-state index contributed by atoms with van der Waals surface area (Å²) in [6, 6.07) is 0. The molecule has 0 aromatic rings. The van der Waals surface area contributed by atoms with Crippen LogP contribution in [0.25, 0.3) is 0 Å². The van der Waals surface area contributed by atoms with Crippen molar-refractivity contribution < 1.29 is 0 Å². The van der Waals surface area contributed by atoms with E-state index >= 15 is 0 Å². The first-order chi connectivity index (χ1) is 3.30. The van der Waals surface area contributed by atoms with Crippen molar-refractivity contribution in [3.8, 4) is 0 Å². The summed E-state index contributed by atoms with van der Waals surface area (Å²) in [6.07, 6.45) is 5.48. The van der Waals surface area contributed by atoms with Crippen molar-refractivity contribution in [1.29, 1.82) is 0 Å². The van der Waals surface area contributed by atoms with Crippen molar-refractivity contribution in [2.45, 2.75) is 5.38 Å². The second-order valence-electron chi connectivity index (χ2n) is 1.34. The Kier molecular flexibility index (Phi) is 3.85. The summed E-state index contributed by atoms with van der Waals surface area (Å²) in [6.45, 7) is 0. The zero-order chi connectivity index (χ0) is 5.28. The number of hydrogen-bond acceptors (Lipinski definition) is 0. The van der Waals surface area contributed by atoms with E-state index in [0.717, 1.165) is 0 Å². The first-order valence-corrected chi connectivity index (χ1v) is 2.80. The van der Waals surface area contributed by atoms with Gasteiger partial charge in [-0.15, -0.1) is 11.6 Å². The third-order valence-corrected chi connectivity index (χ3v) is 1.65. The molecule has 44 valence electrons. The number of halogens is 2. The lowest BCUT2D eigenvalue weighted by atomic mass is 10.5. The van der Waals surface area contributed by atoms with Crippen LogP contribution in [0.15, 0.2) is 23.3 Å². The molecule has 1 atom stereocenters. The average Bonchev–Trinajstić information content (AvgIpc) is 1.91. The molecule has 1 aliphatic rings. The summed E-state index contributed by atoms with van der Waals surface area (Å²) in [7, 11) is 0. The van der Waals surface area contributed by atoms with Gasteiger partial charge in [-0.3, -0.25) is 0 Å². The maximum absolute atomic E-state index is 5.58. The normalized spacial score (nSPS) is 24.8. The van der Waals surface area contributed by atoms with Crippen LogP contribution < -0.4 is 0 Å². The zero-order valence-corrected chi connectivity index (χ0v) is 5.08. The van der Waals surface area contributed by atoms with Crippen molar-refractivity contribution in [1.82, 2.24) is 0 Å². The predicted octanol–water partition coefficient (Wildman–Crippen LogP) is 1.10. The molecule has 8 heavy (non-hydrogen) atoms. The predicted molar refractivity (Wildman–Crippen MR) is 42.7 cm³/mol. The molecule has 0 bridgehead atoms. The van der Waals surface area contributed by atoms with Crippen LogP contribution in [0, 0.1) is 0 Å². The minimum absolute atomic E-state index is 0. The van der Waals surface area contributed by atoms with Crippen LogP contribution in [-0.4, -0.2) is 22.7 Å². The van der Waals surface area contributed by atoms with E-state index in [1.54, 1.807) is 6.08 Å². The monoisotopic (exact) mass is 164 g/mol. The maximum Gasteiger partial charge on any atom is 0.187 e.